The molecule has 7 heteroatoms. The van der Waals surface area contributed by atoms with Gasteiger partial charge in [-0.1, -0.05) is 43.8 Å². The Morgan fingerprint density at radius 2 is 1.70 bits per heavy atom. The molecule has 0 spiro atoms. The van der Waals surface area contributed by atoms with Crippen LogP contribution in [-0.4, -0.2) is 53.9 Å². The minimum Gasteiger partial charge on any atom is -0.486 e. The Labute approximate surface area is 196 Å². The van der Waals surface area contributed by atoms with Gasteiger partial charge in [0.05, 0.1) is 6.04 Å². The third kappa shape index (κ3) is 5.61. The first-order chi connectivity index (χ1) is 15.8. The van der Waals surface area contributed by atoms with E-state index in [1.165, 1.54) is 18.4 Å². The fraction of sp³-hybridized carbons (Fsp3) is 0.462. The van der Waals surface area contributed by atoms with Crippen LogP contribution >= 0.6 is 0 Å². The van der Waals surface area contributed by atoms with Gasteiger partial charge in [-0.05, 0) is 62.0 Å². The maximum Gasteiger partial charge on any atom is 0.161 e. The molecule has 2 aromatic carbocycles. The molecule has 3 heterocycles. The minimum atomic E-state index is -0.676. The number of aliphatic hydroxyl groups excluding tert-OH is 1. The summed E-state index contributed by atoms with van der Waals surface area (Å²) in [7, 11) is 0. The van der Waals surface area contributed by atoms with Gasteiger partial charge in [-0.25, -0.2) is 0 Å². The van der Waals surface area contributed by atoms with Crippen LogP contribution in [0.3, 0.4) is 0 Å². The van der Waals surface area contributed by atoms with Gasteiger partial charge in [-0.3, -0.25) is 5.01 Å². The smallest absolute Gasteiger partial charge is 0.161 e. The maximum absolute atomic E-state index is 11.4. The van der Waals surface area contributed by atoms with Crippen LogP contribution < -0.4 is 20.4 Å². The summed E-state index contributed by atoms with van der Waals surface area (Å²) in [6.45, 7) is 4.04. The lowest BCUT2D eigenvalue weighted by molar-refractivity contribution is 0.0300. The van der Waals surface area contributed by atoms with Crippen LogP contribution in [0, 0.1) is 0 Å². The number of hydrazine groups is 2. The van der Waals surface area contributed by atoms with Crippen LogP contribution in [0.4, 0.5) is 0 Å². The van der Waals surface area contributed by atoms with Gasteiger partial charge in [0.15, 0.2) is 11.5 Å². The summed E-state index contributed by atoms with van der Waals surface area (Å²) in [6.07, 6.45) is 5.74. The van der Waals surface area contributed by atoms with Crippen molar-refractivity contribution >= 4 is 0 Å². The lowest BCUT2D eigenvalue weighted by Crippen LogP contribution is -2.50. The number of aryl methyl sites for hydroxylation is 1. The SMILES string of the molecule is C.O[C@H](c1ccc2c(c1)OCCO2)[C@@H](CN1CCCC1)N1C=C(CCc2ccccc2)NN1. The Bertz CT molecular complexity index is 930. The van der Waals surface area contributed by atoms with Crippen molar-refractivity contribution in [3.05, 3.63) is 71.6 Å². The molecule has 2 atom stereocenters. The average Bonchev–Trinajstić information content (AvgIpc) is 3.53. The Morgan fingerprint density at radius 3 is 2.48 bits per heavy atom. The lowest BCUT2D eigenvalue weighted by Gasteiger charge is -2.34. The molecule has 3 N–H and O–H groups in total. The highest BCUT2D eigenvalue weighted by Crippen LogP contribution is 2.34. The second-order valence-electron chi connectivity index (χ2n) is 8.71. The molecule has 0 unspecified atom stereocenters. The molecular weight excluding hydrogens is 416 g/mol. The first-order valence-electron chi connectivity index (χ1n) is 11.6. The monoisotopic (exact) mass is 452 g/mol. The minimum absolute atomic E-state index is 0. The van der Waals surface area contributed by atoms with E-state index in [9.17, 15) is 5.11 Å². The largest absolute Gasteiger partial charge is 0.486 e. The number of fused-ring (bicyclic) bond motifs is 1. The summed E-state index contributed by atoms with van der Waals surface area (Å²) in [5, 5.41) is 13.5. The number of nitrogens with one attached hydrogen (secondary N) is 2. The first-order valence-corrected chi connectivity index (χ1v) is 11.6. The van der Waals surface area contributed by atoms with Crippen LogP contribution in [0.25, 0.3) is 0 Å². The molecule has 5 rings (SSSR count). The van der Waals surface area contributed by atoms with Crippen molar-refractivity contribution in [2.75, 3.05) is 32.8 Å². The number of hydrogen-bond acceptors (Lipinski definition) is 7. The van der Waals surface area contributed by atoms with Crippen molar-refractivity contribution in [2.45, 2.75) is 45.3 Å². The maximum atomic E-state index is 11.4. The number of likely N-dealkylation sites (tertiary alicyclic amines) is 1. The average molecular weight is 453 g/mol. The second-order valence-corrected chi connectivity index (χ2v) is 8.71. The molecule has 1 saturated heterocycles. The standard InChI is InChI=1S/C25H32N4O3.CH4/c30-25(20-9-11-23-24(16-20)32-15-14-31-23)22(18-28-12-4-5-13-28)29-17-21(26-27-29)10-8-19-6-2-1-3-7-19;/h1-3,6-7,9,11,16-17,22,25-27,30H,4-5,8,10,12-15,18H2;1H4/t22-,25-;/m1./s1. The molecule has 2 aromatic rings. The summed E-state index contributed by atoms with van der Waals surface area (Å²) in [5.41, 5.74) is 9.86. The van der Waals surface area contributed by atoms with E-state index in [4.69, 9.17) is 9.47 Å². The number of nitrogens with zero attached hydrogens (tertiary/aromatic N) is 2. The summed E-state index contributed by atoms with van der Waals surface area (Å²) >= 11 is 0. The van der Waals surface area contributed by atoms with E-state index in [2.05, 4.69) is 46.3 Å². The third-order valence-electron chi connectivity index (χ3n) is 6.44. The molecule has 0 aromatic heterocycles. The Balaban J connectivity index is 0.00000259. The molecule has 3 aliphatic heterocycles. The molecule has 178 valence electrons. The van der Waals surface area contributed by atoms with Gasteiger partial charge in [0.1, 0.15) is 19.3 Å². The van der Waals surface area contributed by atoms with E-state index in [1.807, 2.05) is 29.3 Å². The van der Waals surface area contributed by atoms with E-state index < -0.39 is 6.10 Å². The van der Waals surface area contributed by atoms with Crippen molar-refractivity contribution in [2.24, 2.45) is 0 Å². The van der Waals surface area contributed by atoms with Gasteiger partial charge >= 0.3 is 0 Å². The molecule has 0 saturated carbocycles. The quantitative estimate of drug-likeness (QED) is 0.567. The summed E-state index contributed by atoms with van der Waals surface area (Å²) in [6, 6.07) is 16.1. The van der Waals surface area contributed by atoms with E-state index in [-0.39, 0.29) is 13.5 Å². The lowest BCUT2D eigenvalue weighted by atomic mass is 10.0. The van der Waals surface area contributed by atoms with Crippen LogP contribution in [0.1, 0.15) is 43.9 Å². The molecule has 7 nitrogen and oxygen atoms in total. The summed E-state index contributed by atoms with van der Waals surface area (Å²) < 4.78 is 11.4. The summed E-state index contributed by atoms with van der Waals surface area (Å²) in [4.78, 5) is 2.43. The highest BCUT2D eigenvalue weighted by Gasteiger charge is 2.32. The Morgan fingerprint density at radius 1 is 0.939 bits per heavy atom. The molecular formula is C26H36N4O3. The van der Waals surface area contributed by atoms with Gasteiger partial charge in [-0.2, -0.15) is 0 Å². The van der Waals surface area contributed by atoms with Gasteiger partial charge in [-0.15, -0.1) is 5.53 Å². The summed E-state index contributed by atoms with van der Waals surface area (Å²) in [5.74, 6) is 1.45. The highest BCUT2D eigenvalue weighted by molar-refractivity contribution is 5.44. The van der Waals surface area contributed by atoms with E-state index in [0.717, 1.165) is 49.5 Å². The highest BCUT2D eigenvalue weighted by atomic mass is 16.6. The van der Waals surface area contributed by atoms with Crippen LogP contribution in [0.15, 0.2) is 60.4 Å². The van der Waals surface area contributed by atoms with Crippen LogP contribution in [-0.2, 0) is 6.42 Å². The molecule has 33 heavy (non-hydrogen) atoms. The topological polar surface area (TPSA) is 69.2 Å². The van der Waals surface area contributed by atoms with Crippen LogP contribution in [0.5, 0.6) is 11.5 Å². The van der Waals surface area contributed by atoms with Crippen molar-refractivity contribution in [1.29, 1.82) is 0 Å². The van der Waals surface area contributed by atoms with Crippen molar-refractivity contribution in [1.82, 2.24) is 20.9 Å². The normalized spacial score (nSPS) is 19.4. The predicted octanol–water partition coefficient (Wildman–Crippen LogP) is 3.39. The molecule has 1 fully saturated rings. The number of benzene rings is 2. The zero-order chi connectivity index (χ0) is 21.8. The van der Waals surface area contributed by atoms with E-state index >= 15 is 0 Å². The number of hydrogen-bond donors (Lipinski definition) is 3. The zero-order valence-electron chi connectivity index (χ0n) is 18.4. The Kier molecular flexibility index (Phi) is 7.75. The van der Waals surface area contributed by atoms with Crippen LogP contribution in [0.2, 0.25) is 0 Å². The van der Waals surface area contributed by atoms with Crippen molar-refractivity contribution < 1.29 is 14.6 Å². The Hall–Kier alpha value is -2.74. The number of rotatable bonds is 8. The van der Waals surface area contributed by atoms with Gasteiger partial charge in [0.2, 0.25) is 0 Å². The van der Waals surface area contributed by atoms with E-state index in [0.29, 0.717) is 19.0 Å². The first kappa shape index (κ1) is 23.4. The molecule has 0 amide bonds. The van der Waals surface area contributed by atoms with Gasteiger partial charge < -0.3 is 24.9 Å². The number of allylic oxidation sites excluding steroid dienone is 1. The van der Waals surface area contributed by atoms with Crippen molar-refractivity contribution in [3.63, 3.8) is 0 Å². The molecule has 0 radical (unpaired) electrons. The zero-order valence-corrected chi connectivity index (χ0v) is 18.4. The fourth-order valence-corrected chi connectivity index (χ4v) is 4.63. The number of ether oxygens (including phenoxy) is 2. The fourth-order valence-electron chi connectivity index (χ4n) is 4.63. The molecule has 3 aliphatic rings. The second kappa shape index (κ2) is 10.9. The predicted molar refractivity (Wildman–Crippen MR) is 130 cm³/mol. The molecule has 0 aliphatic carbocycles. The molecule has 0 bridgehead atoms. The van der Waals surface area contributed by atoms with E-state index in [1.54, 1.807) is 0 Å². The van der Waals surface area contributed by atoms with Gasteiger partial charge in [0.25, 0.3) is 0 Å². The van der Waals surface area contributed by atoms with Gasteiger partial charge in [0, 0.05) is 18.4 Å². The third-order valence-corrected chi connectivity index (χ3v) is 6.44. The van der Waals surface area contributed by atoms with Crippen molar-refractivity contribution in [3.8, 4) is 11.5 Å². The number of aliphatic hydroxyl groups is 1.